The number of halogens is 1. The number of hydrogen-bond donors (Lipinski definition) is 0. The predicted molar refractivity (Wildman–Crippen MR) is 75.8 cm³/mol. The number of hydrogen-bond acceptors (Lipinski definition) is 5. The van der Waals surface area contributed by atoms with E-state index in [1.165, 1.54) is 12.0 Å². The van der Waals surface area contributed by atoms with E-state index >= 15 is 0 Å². The number of thiophene rings is 1. The number of carbonyl (C=O) groups excluding carboxylic acids is 1. The topological polar surface area (TPSA) is 38.8 Å². The second-order valence-electron chi connectivity index (χ2n) is 3.80. The molecule has 0 atom stereocenters. The first kappa shape index (κ1) is 15.6. The molecule has 4 nitrogen and oxygen atoms in total. The van der Waals surface area contributed by atoms with Crippen molar-refractivity contribution in [1.29, 1.82) is 0 Å². The molecule has 102 valence electrons. The Morgan fingerprint density at radius 1 is 1.39 bits per heavy atom. The van der Waals surface area contributed by atoms with Gasteiger partial charge in [-0.1, -0.05) is 0 Å². The highest BCUT2D eigenvalue weighted by Crippen LogP contribution is 2.23. The molecule has 0 unspecified atom stereocenters. The summed E-state index contributed by atoms with van der Waals surface area (Å²) in [5, 5.41) is 0. The summed E-state index contributed by atoms with van der Waals surface area (Å²) in [5.74, 6) is -0.176. The first-order valence-corrected chi connectivity index (χ1v) is 7.29. The first-order valence-electron chi connectivity index (χ1n) is 5.68. The highest BCUT2D eigenvalue weighted by Gasteiger charge is 2.10. The highest BCUT2D eigenvalue weighted by molar-refractivity contribution is 9.11. The first-order chi connectivity index (χ1) is 8.65. The Balaban J connectivity index is 2.46. The van der Waals surface area contributed by atoms with Gasteiger partial charge < -0.3 is 9.47 Å². The Morgan fingerprint density at radius 2 is 2.17 bits per heavy atom. The summed E-state index contributed by atoms with van der Waals surface area (Å²) in [4.78, 5) is 14.6. The zero-order chi connectivity index (χ0) is 13.4. The SMILES string of the molecule is COCCN(CCC(=O)OC)Cc1ccc(Br)s1. The molecule has 0 saturated carbocycles. The number of ether oxygens (including phenoxy) is 2. The Bertz CT molecular complexity index is 370. The summed E-state index contributed by atoms with van der Waals surface area (Å²) in [7, 11) is 3.10. The number of carbonyl (C=O) groups is 1. The van der Waals surface area contributed by atoms with E-state index in [4.69, 9.17) is 4.74 Å². The van der Waals surface area contributed by atoms with E-state index in [2.05, 4.69) is 31.6 Å². The zero-order valence-electron chi connectivity index (χ0n) is 10.6. The minimum atomic E-state index is -0.176. The Labute approximate surface area is 120 Å². The molecule has 6 heteroatoms. The summed E-state index contributed by atoms with van der Waals surface area (Å²) in [6, 6.07) is 4.13. The maximum absolute atomic E-state index is 11.2. The lowest BCUT2D eigenvalue weighted by Gasteiger charge is -2.20. The predicted octanol–water partition coefficient (Wildman–Crippen LogP) is 2.52. The second-order valence-corrected chi connectivity index (χ2v) is 6.35. The van der Waals surface area contributed by atoms with E-state index in [-0.39, 0.29) is 5.97 Å². The van der Waals surface area contributed by atoms with E-state index < -0.39 is 0 Å². The molecule has 0 spiro atoms. The Morgan fingerprint density at radius 3 is 2.72 bits per heavy atom. The minimum Gasteiger partial charge on any atom is -0.469 e. The summed E-state index contributed by atoms with van der Waals surface area (Å²) in [6.45, 7) is 2.99. The number of methoxy groups -OCH3 is 2. The third-order valence-electron chi connectivity index (χ3n) is 2.48. The largest absolute Gasteiger partial charge is 0.469 e. The lowest BCUT2D eigenvalue weighted by molar-refractivity contribution is -0.141. The molecule has 0 aromatic carbocycles. The van der Waals surface area contributed by atoms with Crippen molar-refractivity contribution in [3.05, 3.63) is 20.8 Å². The van der Waals surface area contributed by atoms with Crippen LogP contribution in [0.5, 0.6) is 0 Å². The fourth-order valence-corrected chi connectivity index (χ4v) is 3.02. The number of nitrogens with zero attached hydrogens (tertiary/aromatic N) is 1. The van der Waals surface area contributed by atoms with Crippen LogP contribution in [0.4, 0.5) is 0 Å². The van der Waals surface area contributed by atoms with Gasteiger partial charge in [-0.05, 0) is 28.1 Å². The van der Waals surface area contributed by atoms with Gasteiger partial charge in [0.05, 0.1) is 23.9 Å². The molecule has 0 aliphatic heterocycles. The van der Waals surface area contributed by atoms with Crippen LogP contribution in [0.3, 0.4) is 0 Å². The van der Waals surface area contributed by atoms with E-state index in [9.17, 15) is 4.79 Å². The standard InChI is InChI=1S/C12H18BrNO3S/c1-16-8-7-14(6-5-12(15)17-2)9-10-3-4-11(13)18-10/h3-4H,5-9H2,1-2H3. The molecule has 0 aliphatic rings. The molecule has 0 saturated heterocycles. The molecular formula is C12H18BrNO3S. The summed E-state index contributed by atoms with van der Waals surface area (Å²) >= 11 is 5.16. The van der Waals surface area contributed by atoms with Crippen LogP contribution in [0.2, 0.25) is 0 Å². The normalized spacial score (nSPS) is 10.9. The van der Waals surface area contributed by atoms with Crippen LogP contribution in [0.25, 0.3) is 0 Å². The van der Waals surface area contributed by atoms with Gasteiger partial charge in [-0.3, -0.25) is 9.69 Å². The van der Waals surface area contributed by atoms with Crippen molar-refractivity contribution in [2.75, 3.05) is 33.9 Å². The van der Waals surface area contributed by atoms with E-state index in [1.807, 2.05) is 6.07 Å². The molecule has 0 N–H and O–H groups in total. The molecule has 18 heavy (non-hydrogen) atoms. The van der Waals surface area contributed by atoms with Crippen molar-refractivity contribution in [2.24, 2.45) is 0 Å². The molecule has 0 bridgehead atoms. The van der Waals surface area contributed by atoms with E-state index in [0.717, 1.165) is 16.9 Å². The van der Waals surface area contributed by atoms with Gasteiger partial charge in [-0.25, -0.2) is 0 Å². The van der Waals surface area contributed by atoms with E-state index in [1.54, 1.807) is 18.4 Å². The van der Waals surface area contributed by atoms with Gasteiger partial charge in [-0.2, -0.15) is 0 Å². The Kier molecular flexibility index (Phi) is 7.50. The summed E-state index contributed by atoms with van der Waals surface area (Å²) < 4.78 is 10.9. The number of esters is 1. The maximum Gasteiger partial charge on any atom is 0.306 e. The maximum atomic E-state index is 11.2. The fraction of sp³-hybridized carbons (Fsp3) is 0.583. The average molecular weight is 336 g/mol. The van der Waals surface area contributed by atoms with Crippen molar-refractivity contribution in [3.63, 3.8) is 0 Å². The van der Waals surface area contributed by atoms with Gasteiger partial charge in [0.2, 0.25) is 0 Å². The number of rotatable bonds is 8. The van der Waals surface area contributed by atoms with Crippen molar-refractivity contribution in [1.82, 2.24) is 4.90 Å². The van der Waals surface area contributed by atoms with Gasteiger partial charge >= 0.3 is 5.97 Å². The monoisotopic (exact) mass is 335 g/mol. The van der Waals surface area contributed by atoms with Gasteiger partial charge in [-0.15, -0.1) is 11.3 Å². The smallest absolute Gasteiger partial charge is 0.306 e. The van der Waals surface area contributed by atoms with Crippen molar-refractivity contribution in [2.45, 2.75) is 13.0 Å². The molecule has 1 rings (SSSR count). The van der Waals surface area contributed by atoms with Crippen LogP contribution >= 0.6 is 27.3 Å². The molecule has 1 aromatic rings. The molecule has 0 fully saturated rings. The highest BCUT2D eigenvalue weighted by atomic mass is 79.9. The van der Waals surface area contributed by atoms with Gasteiger partial charge in [0.1, 0.15) is 0 Å². The Hall–Kier alpha value is -0.430. The molecule has 0 aliphatic carbocycles. The quantitative estimate of drug-likeness (QED) is 0.684. The minimum absolute atomic E-state index is 0.176. The molecular weight excluding hydrogens is 318 g/mol. The summed E-state index contributed by atoms with van der Waals surface area (Å²) in [6.07, 6.45) is 0.409. The fourth-order valence-electron chi connectivity index (χ4n) is 1.50. The third kappa shape index (κ3) is 5.95. The van der Waals surface area contributed by atoms with Crippen molar-refractivity contribution in [3.8, 4) is 0 Å². The lowest BCUT2D eigenvalue weighted by atomic mass is 10.3. The second kappa shape index (κ2) is 8.63. The van der Waals surface area contributed by atoms with E-state index in [0.29, 0.717) is 19.6 Å². The van der Waals surface area contributed by atoms with Crippen LogP contribution in [0.1, 0.15) is 11.3 Å². The molecule has 0 amide bonds. The van der Waals surface area contributed by atoms with Crippen LogP contribution < -0.4 is 0 Å². The average Bonchev–Trinajstić information content (AvgIpc) is 2.77. The van der Waals surface area contributed by atoms with Crippen LogP contribution in [-0.2, 0) is 20.8 Å². The van der Waals surface area contributed by atoms with Gasteiger partial charge in [0, 0.05) is 31.6 Å². The molecule has 1 aromatic heterocycles. The molecule has 0 radical (unpaired) electrons. The third-order valence-corrected chi connectivity index (χ3v) is 4.09. The lowest BCUT2D eigenvalue weighted by Crippen LogP contribution is -2.29. The van der Waals surface area contributed by atoms with Crippen LogP contribution in [-0.4, -0.2) is 44.8 Å². The van der Waals surface area contributed by atoms with Crippen LogP contribution in [0, 0.1) is 0 Å². The zero-order valence-corrected chi connectivity index (χ0v) is 13.1. The van der Waals surface area contributed by atoms with Gasteiger partial charge in [0.15, 0.2) is 0 Å². The van der Waals surface area contributed by atoms with Crippen molar-refractivity contribution < 1.29 is 14.3 Å². The molecule has 1 heterocycles. The van der Waals surface area contributed by atoms with Crippen molar-refractivity contribution >= 4 is 33.2 Å². The summed E-state index contributed by atoms with van der Waals surface area (Å²) in [5.41, 5.74) is 0. The van der Waals surface area contributed by atoms with Crippen LogP contribution in [0.15, 0.2) is 15.9 Å². The van der Waals surface area contributed by atoms with Gasteiger partial charge in [0.25, 0.3) is 0 Å².